The van der Waals surface area contributed by atoms with Crippen LogP contribution in [0.5, 0.6) is 11.5 Å². The Morgan fingerprint density at radius 3 is 2.32 bits per heavy atom. The van der Waals surface area contributed by atoms with E-state index in [0.717, 1.165) is 14.9 Å². The number of nitrogens with one attached hydrogen (secondary N) is 1. The average Bonchev–Trinajstić information content (AvgIpc) is 2.83. The van der Waals surface area contributed by atoms with Crippen molar-refractivity contribution in [1.82, 2.24) is 5.32 Å². The highest BCUT2D eigenvalue weighted by atomic mass is 79.9. The number of anilines is 1. The number of nitrogens with zero attached hydrogens (tertiary/aromatic N) is 1. The van der Waals surface area contributed by atoms with E-state index in [1.165, 1.54) is 6.08 Å². The maximum absolute atomic E-state index is 13.1. The molecule has 7 nitrogen and oxygen atoms in total. The molecule has 3 aromatic rings. The van der Waals surface area contributed by atoms with Gasteiger partial charge in [-0.15, -0.1) is 0 Å². The fourth-order valence-corrected chi connectivity index (χ4v) is 3.64. The maximum Gasteiger partial charge on any atom is 0.335 e. The van der Waals surface area contributed by atoms with Crippen LogP contribution in [-0.4, -0.2) is 24.5 Å². The van der Waals surface area contributed by atoms with Gasteiger partial charge in [0.1, 0.15) is 23.7 Å². The number of carbonyl (C=O) groups excluding carboxylic acids is 3. The first-order chi connectivity index (χ1) is 16.5. The molecule has 34 heavy (non-hydrogen) atoms. The number of hydrogen-bond acceptors (Lipinski definition) is 5. The van der Waals surface area contributed by atoms with Crippen LogP contribution in [0.25, 0.3) is 6.08 Å². The summed E-state index contributed by atoms with van der Waals surface area (Å²) in [6, 6.07) is 20.5. The van der Waals surface area contributed by atoms with Crippen LogP contribution in [0.15, 0.2) is 82.8 Å². The Hall–Kier alpha value is -3.91. The Balaban J connectivity index is 1.54. The van der Waals surface area contributed by atoms with Gasteiger partial charge in [-0.1, -0.05) is 46.3 Å². The lowest BCUT2D eigenvalue weighted by Crippen LogP contribution is -2.54. The minimum Gasteiger partial charge on any atom is -0.493 e. The quantitative estimate of drug-likeness (QED) is 0.346. The zero-order valence-corrected chi connectivity index (χ0v) is 19.9. The molecule has 0 saturated carbocycles. The lowest BCUT2D eigenvalue weighted by molar-refractivity contribution is -0.122. The summed E-state index contributed by atoms with van der Waals surface area (Å²) in [6.07, 6.45) is 1.43. The van der Waals surface area contributed by atoms with Crippen molar-refractivity contribution < 1.29 is 23.9 Å². The number of hydrogen-bond donors (Lipinski definition) is 1. The second-order valence-electron chi connectivity index (χ2n) is 7.34. The van der Waals surface area contributed by atoms with Gasteiger partial charge in [-0.25, -0.2) is 9.69 Å². The van der Waals surface area contributed by atoms with Crippen molar-refractivity contribution in [3.63, 3.8) is 0 Å². The van der Waals surface area contributed by atoms with Crippen molar-refractivity contribution in [2.75, 3.05) is 11.5 Å². The molecule has 1 saturated heterocycles. The van der Waals surface area contributed by atoms with Gasteiger partial charge in [0.05, 0.1) is 12.3 Å². The smallest absolute Gasteiger partial charge is 0.335 e. The molecule has 0 bridgehead atoms. The van der Waals surface area contributed by atoms with Crippen LogP contribution >= 0.6 is 15.9 Å². The van der Waals surface area contributed by atoms with Gasteiger partial charge in [-0.05, 0) is 61.0 Å². The van der Waals surface area contributed by atoms with Gasteiger partial charge in [0, 0.05) is 10.0 Å². The number of benzene rings is 3. The van der Waals surface area contributed by atoms with Crippen molar-refractivity contribution in [3.05, 3.63) is 94.0 Å². The van der Waals surface area contributed by atoms with E-state index in [4.69, 9.17) is 9.47 Å². The molecule has 4 rings (SSSR count). The first-order valence-corrected chi connectivity index (χ1v) is 11.4. The van der Waals surface area contributed by atoms with Crippen molar-refractivity contribution in [3.8, 4) is 11.5 Å². The maximum atomic E-state index is 13.1. The monoisotopic (exact) mass is 520 g/mol. The van der Waals surface area contributed by atoms with Crippen molar-refractivity contribution in [2.45, 2.75) is 13.5 Å². The van der Waals surface area contributed by atoms with Gasteiger partial charge < -0.3 is 9.47 Å². The molecule has 0 atom stereocenters. The molecule has 1 aliphatic rings. The molecule has 1 aliphatic heterocycles. The molecule has 4 amide bonds. The van der Waals surface area contributed by atoms with Crippen molar-refractivity contribution >= 4 is 45.5 Å². The van der Waals surface area contributed by atoms with E-state index in [1.54, 1.807) is 48.5 Å². The predicted octanol–water partition coefficient (Wildman–Crippen LogP) is 5.09. The molecule has 3 aromatic carbocycles. The van der Waals surface area contributed by atoms with Crippen LogP contribution in [0.1, 0.15) is 18.1 Å². The minimum absolute atomic E-state index is 0.165. The third-order valence-corrected chi connectivity index (χ3v) is 5.56. The molecule has 0 unspecified atom stereocenters. The molecule has 0 aromatic heterocycles. The van der Waals surface area contributed by atoms with E-state index in [-0.39, 0.29) is 5.57 Å². The number of urea groups is 1. The Labute approximate surface area is 205 Å². The van der Waals surface area contributed by atoms with Crippen LogP contribution in [-0.2, 0) is 16.2 Å². The SMILES string of the molecule is CCOc1ccccc1/C=C1\C(=O)NC(=O)N(c2ccc(OCc3ccc(Br)cc3)cc2)C1=O. The summed E-state index contributed by atoms with van der Waals surface area (Å²) in [5.41, 5.74) is 1.71. The molecule has 0 radical (unpaired) electrons. The predicted molar refractivity (Wildman–Crippen MR) is 132 cm³/mol. The third kappa shape index (κ3) is 5.18. The summed E-state index contributed by atoms with van der Waals surface area (Å²) in [7, 11) is 0. The van der Waals surface area contributed by atoms with Gasteiger partial charge >= 0.3 is 6.03 Å². The molecule has 0 spiro atoms. The lowest BCUT2D eigenvalue weighted by atomic mass is 10.1. The number of imide groups is 2. The third-order valence-electron chi connectivity index (χ3n) is 5.03. The second kappa shape index (κ2) is 10.4. The Bertz CT molecular complexity index is 1250. The van der Waals surface area contributed by atoms with Crippen LogP contribution in [0.2, 0.25) is 0 Å². The summed E-state index contributed by atoms with van der Waals surface area (Å²) < 4.78 is 12.3. The van der Waals surface area contributed by atoms with Gasteiger partial charge in [-0.2, -0.15) is 0 Å². The van der Waals surface area contributed by atoms with Gasteiger partial charge in [0.15, 0.2) is 0 Å². The number of para-hydroxylation sites is 1. The summed E-state index contributed by atoms with van der Waals surface area (Å²) in [5.74, 6) is -0.363. The molecule has 0 aliphatic carbocycles. The van der Waals surface area contributed by atoms with E-state index in [9.17, 15) is 14.4 Å². The number of rotatable bonds is 7. The van der Waals surface area contributed by atoms with E-state index in [2.05, 4.69) is 21.2 Å². The molecular weight excluding hydrogens is 500 g/mol. The van der Waals surface area contributed by atoms with Gasteiger partial charge in [-0.3, -0.25) is 14.9 Å². The fourth-order valence-electron chi connectivity index (χ4n) is 3.37. The van der Waals surface area contributed by atoms with E-state index in [0.29, 0.717) is 36.0 Å². The molecule has 172 valence electrons. The molecule has 8 heteroatoms. The van der Waals surface area contributed by atoms with E-state index < -0.39 is 17.8 Å². The highest BCUT2D eigenvalue weighted by molar-refractivity contribution is 9.10. The largest absolute Gasteiger partial charge is 0.493 e. The second-order valence-corrected chi connectivity index (χ2v) is 8.25. The molecular formula is C26H21BrN2O5. The zero-order chi connectivity index (χ0) is 24.1. The number of ether oxygens (including phenoxy) is 2. The Kier molecular flexibility index (Phi) is 7.08. The van der Waals surface area contributed by atoms with Gasteiger partial charge in [0.2, 0.25) is 0 Å². The molecule has 1 heterocycles. The molecule has 1 fully saturated rings. The summed E-state index contributed by atoms with van der Waals surface area (Å²) >= 11 is 3.40. The van der Waals surface area contributed by atoms with Crippen LogP contribution in [0.4, 0.5) is 10.5 Å². The van der Waals surface area contributed by atoms with Crippen LogP contribution in [0.3, 0.4) is 0 Å². The van der Waals surface area contributed by atoms with Gasteiger partial charge in [0.25, 0.3) is 11.8 Å². The average molecular weight is 521 g/mol. The highest BCUT2D eigenvalue weighted by Gasteiger charge is 2.37. The number of amides is 4. The lowest BCUT2D eigenvalue weighted by Gasteiger charge is -2.26. The number of carbonyl (C=O) groups is 3. The van der Waals surface area contributed by atoms with E-state index in [1.807, 2.05) is 31.2 Å². The summed E-state index contributed by atoms with van der Waals surface area (Å²) in [6.45, 7) is 2.65. The van der Waals surface area contributed by atoms with Crippen LogP contribution < -0.4 is 19.7 Å². The first-order valence-electron chi connectivity index (χ1n) is 10.6. The Morgan fingerprint density at radius 1 is 0.912 bits per heavy atom. The summed E-state index contributed by atoms with van der Waals surface area (Å²) in [4.78, 5) is 39.0. The highest BCUT2D eigenvalue weighted by Crippen LogP contribution is 2.27. The zero-order valence-electron chi connectivity index (χ0n) is 18.3. The first kappa shape index (κ1) is 23.3. The fraction of sp³-hybridized carbons (Fsp3) is 0.115. The Morgan fingerprint density at radius 2 is 1.62 bits per heavy atom. The van der Waals surface area contributed by atoms with Crippen molar-refractivity contribution in [2.24, 2.45) is 0 Å². The minimum atomic E-state index is -0.811. The standard InChI is InChI=1S/C26H21BrN2O5/c1-2-33-23-6-4-3-5-18(23)15-22-24(30)28-26(32)29(25(22)31)20-11-13-21(14-12-20)34-16-17-7-9-19(27)10-8-17/h3-15H,2,16H2,1H3,(H,28,30,32)/b22-15+. The number of halogens is 1. The number of barbiturate groups is 1. The van der Waals surface area contributed by atoms with Crippen molar-refractivity contribution in [1.29, 1.82) is 0 Å². The molecule has 1 N–H and O–H groups in total. The summed E-state index contributed by atoms with van der Waals surface area (Å²) in [5, 5.41) is 2.23. The van der Waals surface area contributed by atoms with E-state index >= 15 is 0 Å². The van der Waals surface area contributed by atoms with Crippen LogP contribution in [0, 0.1) is 0 Å². The normalized spacial score (nSPS) is 14.8. The topological polar surface area (TPSA) is 84.9 Å².